The molecule has 3 aliphatic rings. The Balaban J connectivity index is 1.95. The summed E-state index contributed by atoms with van der Waals surface area (Å²) in [5.41, 5.74) is 3.35. The normalized spacial score (nSPS) is 35.4. The summed E-state index contributed by atoms with van der Waals surface area (Å²) in [5.74, 6) is 1.79. The standard InChI is InChI=1S/C14H18/c1-3-7-13-11(5-1)9-10-12-6-2-4-8-14(12)13/h1,5,9-10,13-14H,2-4,6-8H2/t13-,14?/m1/s1. The SMILES string of the molecule is C1=CC2=CC=C3CCCCC3[C@@H]2CC1. The number of hydrogen-bond acceptors (Lipinski definition) is 0. The molecule has 0 heteroatoms. The van der Waals surface area contributed by atoms with Gasteiger partial charge >= 0.3 is 0 Å². The van der Waals surface area contributed by atoms with Crippen LogP contribution < -0.4 is 0 Å². The molecule has 0 aromatic heterocycles. The van der Waals surface area contributed by atoms with Crippen LogP contribution in [0.4, 0.5) is 0 Å². The van der Waals surface area contributed by atoms with Crippen LogP contribution in [0.25, 0.3) is 0 Å². The van der Waals surface area contributed by atoms with Crippen molar-refractivity contribution in [3.8, 4) is 0 Å². The summed E-state index contributed by atoms with van der Waals surface area (Å²) < 4.78 is 0. The molecule has 0 bridgehead atoms. The van der Waals surface area contributed by atoms with Gasteiger partial charge in [-0.2, -0.15) is 0 Å². The van der Waals surface area contributed by atoms with Crippen LogP contribution >= 0.6 is 0 Å². The Morgan fingerprint density at radius 2 is 2.00 bits per heavy atom. The van der Waals surface area contributed by atoms with E-state index in [1.54, 1.807) is 11.1 Å². The highest BCUT2D eigenvalue weighted by Gasteiger charge is 2.31. The van der Waals surface area contributed by atoms with E-state index in [-0.39, 0.29) is 0 Å². The molecule has 1 unspecified atom stereocenters. The molecule has 3 rings (SSSR count). The highest BCUT2D eigenvalue weighted by Crippen LogP contribution is 2.44. The van der Waals surface area contributed by atoms with Gasteiger partial charge in [0.2, 0.25) is 0 Å². The van der Waals surface area contributed by atoms with Crippen molar-refractivity contribution >= 4 is 0 Å². The molecule has 0 aromatic carbocycles. The van der Waals surface area contributed by atoms with Crippen molar-refractivity contribution in [2.45, 2.75) is 38.5 Å². The quantitative estimate of drug-likeness (QED) is 0.536. The minimum absolute atomic E-state index is 0.875. The third kappa shape index (κ3) is 1.28. The average Bonchev–Trinajstić information content (AvgIpc) is 2.29. The number of fused-ring (bicyclic) bond motifs is 3. The molecule has 0 nitrogen and oxygen atoms in total. The predicted molar refractivity (Wildman–Crippen MR) is 60.0 cm³/mol. The molecule has 0 saturated heterocycles. The van der Waals surface area contributed by atoms with Crippen molar-refractivity contribution in [1.82, 2.24) is 0 Å². The van der Waals surface area contributed by atoms with Gasteiger partial charge < -0.3 is 0 Å². The Hall–Kier alpha value is -0.780. The molecule has 0 N–H and O–H groups in total. The van der Waals surface area contributed by atoms with Crippen molar-refractivity contribution in [2.75, 3.05) is 0 Å². The van der Waals surface area contributed by atoms with Crippen LogP contribution in [-0.4, -0.2) is 0 Å². The number of rotatable bonds is 0. The summed E-state index contributed by atoms with van der Waals surface area (Å²) in [4.78, 5) is 0. The molecule has 0 spiro atoms. The minimum atomic E-state index is 0.875. The molecular weight excluding hydrogens is 168 g/mol. The first kappa shape index (κ1) is 8.52. The first-order chi connectivity index (χ1) is 6.95. The molecule has 74 valence electrons. The van der Waals surface area contributed by atoms with Crippen molar-refractivity contribution in [3.63, 3.8) is 0 Å². The first-order valence-electron chi connectivity index (χ1n) is 6.02. The lowest BCUT2D eigenvalue weighted by molar-refractivity contribution is 0.332. The average molecular weight is 186 g/mol. The molecule has 0 amide bonds. The second kappa shape index (κ2) is 3.42. The molecule has 2 atom stereocenters. The van der Waals surface area contributed by atoms with E-state index in [1.807, 2.05) is 0 Å². The number of allylic oxidation sites excluding steroid dienone is 6. The van der Waals surface area contributed by atoms with Crippen LogP contribution in [0.2, 0.25) is 0 Å². The zero-order valence-electron chi connectivity index (χ0n) is 8.71. The molecule has 1 saturated carbocycles. The summed E-state index contributed by atoms with van der Waals surface area (Å²) in [5, 5.41) is 0. The smallest absolute Gasteiger partial charge is 0.00934 e. The van der Waals surface area contributed by atoms with Gasteiger partial charge in [-0.15, -0.1) is 0 Å². The molecular formula is C14H18. The maximum atomic E-state index is 2.41. The Labute approximate surface area is 86.4 Å². The van der Waals surface area contributed by atoms with Gasteiger partial charge in [-0.25, -0.2) is 0 Å². The largest absolute Gasteiger partial charge is 0.0842 e. The van der Waals surface area contributed by atoms with Gasteiger partial charge in [-0.05, 0) is 49.5 Å². The summed E-state index contributed by atoms with van der Waals surface area (Å²) in [6.45, 7) is 0. The fourth-order valence-electron chi connectivity index (χ4n) is 3.33. The van der Waals surface area contributed by atoms with Crippen LogP contribution in [0.5, 0.6) is 0 Å². The molecule has 1 fully saturated rings. The zero-order chi connectivity index (χ0) is 9.38. The van der Waals surface area contributed by atoms with Crippen LogP contribution in [0.1, 0.15) is 38.5 Å². The Kier molecular flexibility index (Phi) is 2.08. The summed E-state index contributed by atoms with van der Waals surface area (Å²) in [6, 6.07) is 0. The molecule has 14 heavy (non-hydrogen) atoms. The third-order valence-electron chi connectivity index (χ3n) is 4.07. The van der Waals surface area contributed by atoms with Crippen molar-refractivity contribution < 1.29 is 0 Å². The van der Waals surface area contributed by atoms with Gasteiger partial charge in [-0.1, -0.05) is 36.3 Å². The van der Waals surface area contributed by atoms with Crippen LogP contribution in [0.15, 0.2) is 35.5 Å². The van der Waals surface area contributed by atoms with E-state index in [1.165, 1.54) is 38.5 Å². The lowest BCUT2D eigenvalue weighted by atomic mass is 9.68. The van der Waals surface area contributed by atoms with Gasteiger partial charge in [0.15, 0.2) is 0 Å². The van der Waals surface area contributed by atoms with Crippen molar-refractivity contribution in [2.24, 2.45) is 11.8 Å². The summed E-state index contributed by atoms with van der Waals surface area (Å²) in [7, 11) is 0. The van der Waals surface area contributed by atoms with Gasteiger partial charge in [0.1, 0.15) is 0 Å². The second-order valence-electron chi connectivity index (χ2n) is 4.85. The summed E-state index contributed by atoms with van der Waals surface area (Å²) in [6.07, 6.45) is 17.9. The van der Waals surface area contributed by atoms with Crippen molar-refractivity contribution in [3.05, 3.63) is 35.5 Å². The van der Waals surface area contributed by atoms with Gasteiger partial charge in [-0.3, -0.25) is 0 Å². The highest BCUT2D eigenvalue weighted by molar-refractivity contribution is 5.37. The van der Waals surface area contributed by atoms with E-state index in [2.05, 4.69) is 24.3 Å². The fraction of sp³-hybridized carbons (Fsp3) is 0.571. The molecule has 3 aliphatic carbocycles. The summed E-state index contributed by atoms with van der Waals surface area (Å²) >= 11 is 0. The maximum Gasteiger partial charge on any atom is -0.00934 e. The third-order valence-corrected chi connectivity index (χ3v) is 4.07. The lowest BCUT2D eigenvalue weighted by Gasteiger charge is -2.37. The van der Waals surface area contributed by atoms with E-state index < -0.39 is 0 Å². The van der Waals surface area contributed by atoms with Gasteiger partial charge in [0.05, 0.1) is 0 Å². The first-order valence-corrected chi connectivity index (χ1v) is 6.02. The topological polar surface area (TPSA) is 0 Å². The van der Waals surface area contributed by atoms with E-state index >= 15 is 0 Å². The molecule has 0 radical (unpaired) electrons. The Morgan fingerprint density at radius 1 is 1.00 bits per heavy atom. The maximum absolute atomic E-state index is 2.41. The van der Waals surface area contributed by atoms with Gasteiger partial charge in [0.25, 0.3) is 0 Å². The number of hydrogen-bond donors (Lipinski definition) is 0. The monoisotopic (exact) mass is 186 g/mol. The van der Waals surface area contributed by atoms with Crippen LogP contribution in [0, 0.1) is 11.8 Å². The minimum Gasteiger partial charge on any atom is -0.0842 e. The Bertz CT molecular complexity index is 317. The van der Waals surface area contributed by atoms with E-state index in [0.29, 0.717) is 0 Å². The van der Waals surface area contributed by atoms with Gasteiger partial charge in [0, 0.05) is 0 Å². The van der Waals surface area contributed by atoms with Crippen molar-refractivity contribution in [1.29, 1.82) is 0 Å². The highest BCUT2D eigenvalue weighted by atomic mass is 14.4. The lowest BCUT2D eigenvalue weighted by Crippen LogP contribution is -2.25. The van der Waals surface area contributed by atoms with E-state index in [9.17, 15) is 0 Å². The zero-order valence-corrected chi connectivity index (χ0v) is 8.71. The van der Waals surface area contributed by atoms with E-state index in [4.69, 9.17) is 0 Å². The van der Waals surface area contributed by atoms with Crippen LogP contribution in [0.3, 0.4) is 0 Å². The fourth-order valence-corrected chi connectivity index (χ4v) is 3.33. The second-order valence-corrected chi connectivity index (χ2v) is 4.85. The molecule has 0 heterocycles. The molecule has 0 aliphatic heterocycles. The van der Waals surface area contributed by atoms with E-state index in [0.717, 1.165) is 11.8 Å². The molecule has 0 aromatic rings. The predicted octanol–water partition coefficient (Wildman–Crippen LogP) is 4.01. The van der Waals surface area contributed by atoms with Crippen LogP contribution in [-0.2, 0) is 0 Å². The Morgan fingerprint density at radius 3 is 3.00 bits per heavy atom.